The summed E-state index contributed by atoms with van der Waals surface area (Å²) in [6.07, 6.45) is 3.15. The van der Waals surface area contributed by atoms with E-state index in [4.69, 9.17) is 5.11 Å². The van der Waals surface area contributed by atoms with Crippen LogP contribution in [0.4, 0.5) is 5.69 Å². The molecule has 1 aliphatic rings. The molecule has 2 rings (SSSR count). The van der Waals surface area contributed by atoms with Crippen LogP contribution in [-0.4, -0.2) is 32.4 Å². The first-order valence-electron chi connectivity index (χ1n) is 6.69. The number of nitrogens with one attached hydrogen (secondary N) is 1. The van der Waals surface area contributed by atoms with E-state index in [1.165, 1.54) is 0 Å². The Morgan fingerprint density at radius 3 is 2.37 bits per heavy atom. The largest absolute Gasteiger partial charge is 0.396 e. The smallest absolute Gasteiger partial charge is 0.178 e. The Kier molecular flexibility index (Phi) is 4.16. The van der Waals surface area contributed by atoms with E-state index in [2.05, 4.69) is 5.32 Å². The van der Waals surface area contributed by atoms with E-state index in [1.807, 2.05) is 0 Å². The third kappa shape index (κ3) is 3.48. The number of benzene rings is 1. The monoisotopic (exact) mass is 283 g/mol. The van der Waals surface area contributed by atoms with E-state index >= 15 is 0 Å². The Labute approximate surface area is 114 Å². The van der Waals surface area contributed by atoms with Crippen molar-refractivity contribution in [1.29, 1.82) is 0 Å². The summed E-state index contributed by atoms with van der Waals surface area (Å²) in [5.41, 5.74) is 1.18. The predicted octanol–water partition coefficient (Wildman–Crippen LogP) is 2.05. The van der Waals surface area contributed by atoms with Crippen LogP contribution in [0.1, 0.15) is 26.2 Å². The molecule has 1 aromatic carbocycles. The van der Waals surface area contributed by atoms with Crippen LogP contribution in [0.25, 0.3) is 0 Å². The second kappa shape index (κ2) is 5.51. The summed E-state index contributed by atoms with van der Waals surface area (Å²) in [4.78, 5) is 0.372. The van der Waals surface area contributed by atoms with Crippen LogP contribution in [0.15, 0.2) is 29.2 Å². The zero-order valence-electron chi connectivity index (χ0n) is 11.2. The average molecular weight is 283 g/mol. The second-order valence-corrected chi connectivity index (χ2v) is 7.53. The third-order valence-electron chi connectivity index (χ3n) is 3.86. The number of aliphatic hydroxyl groups excluding tert-OH is 1. The van der Waals surface area contributed by atoms with Crippen LogP contribution in [0, 0.1) is 5.41 Å². The maximum atomic E-state index is 11.7. The molecule has 2 N–H and O–H groups in total. The Hall–Kier alpha value is -1.07. The Morgan fingerprint density at radius 1 is 1.26 bits per heavy atom. The van der Waals surface area contributed by atoms with Crippen LogP contribution >= 0.6 is 0 Å². The molecule has 1 fully saturated rings. The minimum absolute atomic E-state index is 0.124. The Bertz CT molecular complexity index is 518. The van der Waals surface area contributed by atoms with Crippen molar-refractivity contribution in [3.63, 3.8) is 0 Å². The molecule has 0 aromatic heterocycles. The van der Waals surface area contributed by atoms with E-state index < -0.39 is 9.84 Å². The summed E-state index contributed by atoms with van der Waals surface area (Å²) in [5.74, 6) is 0.124. The quantitative estimate of drug-likeness (QED) is 0.804. The van der Waals surface area contributed by atoms with Gasteiger partial charge in [0.25, 0.3) is 0 Å². The lowest BCUT2D eigenvalue weighted by Gasteiger charge is -2.15. The lowest BCUT2D eigenvalue weighted by atomic mass is 10.0. The maximum Gasteiger partial charge on any atom is 0.178 e. The SMILES string of the molecule is CCS(=O)(=O)c1ccc(NCC2(CCO)CC2)cc1. The number of aliphatic hydroxyl groups is 1. The molecule has 5 heteroatoms. The first-order valence-corrected chi connectivity index (χ1v) is 8.34. The van der Waals surface area contributed by atoms with Crippen molar-refractivity contribution in [2.75, 3.05) is 24.2 Å². The second-order valence-electron chi connectivity index (χ2n) is 5.25. The zero-order chi connectivity index (χ0) is 13.9. The normalized spacial score (nSPS) is 17.2. The highest BCUT2D eigenvalue weighted by atomic mass is 32.2. The fourth-order valence-electron chi connectivity index (χ4n) is 2.17. The van der Waals surface area contributed by atoms with Crippen molar-refractivity contribution in [2.45, 2.75) is 31.1 Å². The van der Waals surface area contributed by atoms with Gasteiger partial charge in [-0.25, -0.2) is 8.42 Å². The molecular formula is C14H21NO3S. The molecule has 1 aliphatic carbocycles. The van der Waals surface area contributed by atoms with Gasteiger partial charge in [-0.15, -0.1) is 0 Å². The Balaban J connectivity index is 1.96. The van der Waals surface area contributed by atoms with E-state index in [9.17, 15) is 8.42 Å². The highest BCUT2D eigenvalue weighted by molar-refractivity contribution is 7.91. The lowest BCUT2D eigenvalue weighted by molar-refractivity contribution is 0.253. The molecule has 0 aliphatic heterocycles. The van der Waals surface area contributed by atoms with Gasteiger partial charge in [0.2, 0.25) is 0 Å². The number of hydrogen-bond donors (Lipinski definition) is 2. The van der Waals surface area contributed by atoms with Crippen molar-refractivity contribution in [1.82, 2.24) is 0 Å². The summed E-state index contributed by atoms with van der Waals surface area (Å²) < 4.78 is 23.4. The zero-order valence-corrected chi connectivity index (χ0v) is 12.0. The lowest BCUT2D eigenvalue weighted by Crippen LogP contribution is -2.16. The molecule has 0 unspecified atom stereocenters. The van der Waals surface area contributed by atoms with Gasteiger partial charge in [-0.1, -0.05) is 6.92 Å². The fraction of sp³-hybridized carbons (Fsp3) is 0.571. The van der Waals surface area contributed by atoms with Gasteiger partial charge in [0, 0.05) is 18.8 Å². The molecule has 1 aromatic rings. The molecule has 0 spiro atoms. The van der Waals surface area contributed by atoms with Crippen molar-refractivity contribution in [3.8, 4) is 0 Å². The van der Waals surface area contributed by atoms with Crippen LogP contribution in [-0.2, 0) is 9.84 Å². The topological polar surface area (TPSA) is 66.4 Å². The van der Waals surface area contributed by atoms with E-state index in [-0.39, 0.29) is 17.8 Å². The molecule has 0 bridgehead atoms. The van der Waals surface area contributed by atoms with Crippen molar-refractivity contribution < 1.29 is 13.5 Å². The van der Waals surface area contributed by atoms with Crippen molar-refractivity contribution >= 4 is 15.5 Å². The number of anilines is 1. The van der Waals surface area contributed by atoms with Gasteiger partial charge in [-0.3, -0.25) is 0 Å². The summed E-state index contributed by atoms with van der Waals surface area (Å²) in [6, 6.07) is 6.90. The number of hydrogen-bond acceptors (Lipinski definition) is 4. The Morgan fingerprint density at radius 2 is 1.89 bits per heavy atom. The highest BCUT2D eigenvalue weighted by Crippen LogP contribution is 2.48. The number of sulfone groups is 1. The predicted molar refractivity (Wildman–Crippen MR) is 76.0 cm³/mol. The first-order chi connectivity index (χ1) is 9.01. The third-order valence-corrected chi connectivity index (χ3v) is 5.61. The van der Waals surface area contributed by atoms with Gasteiger partial charge < -0.3 is 10.4 Å². The molecule has 0 heterocycles. The van der Waals surface area contributed by atoms with Crippen molar-refractivity contribution in [3.05, 3.63) is 24.3 Å². The van der Waals surface area contributed by atoms with Gasteiger partial charge in [-0.2, -0.15) is 0 Å². The van der Waals surface area contributed by atoms with E-state index in [0.29, 0.717) is 4.90 Å². The minimum Gasteiger partial charge on any atom is -0.396 e. The summed E-state index contributed by atoms with van der Waals surface area (Å²) in [5, 5.41) is 12.3. The molecule has 0 atom stereocenters. The van der Waals surface area contributed by atoms with Crippen LogP contribution in [0.5, 0.6) is 0 Å². The summed E-state index contributed by atoms with van der Waals surface area (Å²) >= 11 is 0. The molecule has 0 radical (unpaired) electrons. The van der Waals surface area contributed by atoms with Gasteiger partial charge in [0.1, 0.15) is 0 Å². The van der Waals surface area contributed by atoms with Crippen LogP contribution in [0.2, 0.25) is 0 Å². The molecule has 1 saturated carbocycles. The summed E-state index contributed by atoms with van der Waals surface area (Å²) in [7, 11) is -3.12. The molecule has 106 valence electrons. The van der Waals surface area contributed by atoms with Gasteiger partial charge in [0.15, 0.2) is 9.84 Å². The molecule has 0 amide bonds. The molecule has 0 saturated heterocycles. The van der Waals surface area contributed by atoms with Crippen molar-refractivity contribution in [2.24, 2.45) is 5.41 Å². The van der Waals surface area contributed by atoms with Gasteiger partial charge in [0.05, 0.1) is 10.6 Å². The van der Waals surface area contributed by atoms with E-state index in [0.717, 1.165) is 31.5 Å². The van der Waals surface area contributed by atoms with Crippen LogP contribution in [0.3, 0.4) is 0 Å². The minimum atomic E-state index is -3.12. The molecule has 4 nitrogen and oxygen atoms in total. The van der Waals surface area contributed by atoms with Gasteiger partial charge in [-0.05, 0) is 48.9 Å². The highest BCUT2D eigenvalue weighted by Gasteiger charge is 2.41. The van der Waals surface area contributed by atoms with Crippen LogP contribution < -0.4 is 5.32 Å². The average Bonchev–Trinajstić information content (AvgIpc) is 3.18. The number of rotatable bonds is 7. The fourth-order valence-corrected chi connectivity index (χ4v) is 3.05. The maximum absolute atomic E-state index is 11.7. The molecular weight excluding hydrogens is 262 g/mol. The van der Waals surface area contributed by atoms with E-state index in [1.54, 1.807) is 31.2 Å². The van der Waals surface area contributed by atoms with Gasteiger partial charge >= 0.3 is 0 Å². The first kappa shape index (κ1) is 14.3. The summed E-state index contributed by atoms with van der Waals surface area (Å²) in [6.45, 7) is 2.72. The standard InChI is InChI=1S/C14H21NO3S/c1-2-19(17,18)13-5-3-12(4-6-13)15-11-14(7-8-14)9-10-16/h3-6,15-16H,2,7-11H2,1H3. The molecule has 19 heavy (non-hydrogen) atoms.